The molecule has 1 aromatic heterocycles. The highest BCUT2D eigenvalue weighted by atomic mass is 32.1. The SMILES string of the molecule is Cc1csc(C2(NC(=O)CCCCCCN)CCC2)n1. The Morgan fingerprint density at radius 2 is 2.15 bits per heavy atom. The summed E-state index contributed by atoms with van der Waals surface area (Å²) in [6.07, 6.45) is 8.08. The molecule has 112 valence electrons. The van der Waals surface area contributed by atoms with Crippen molar-refractivity contribution in [3.63, 3.8) is 0 Å². The number of rotatable bonds is 8. The van der Waals surface area contributed by atoms with E-state index in [1.807, 2.05) is 6.92 Å². The van der Waals surface area contributed by atoms with Gasteiger partial charge in [-0.05, 0) is 45.6 Å². The summed E-state index contributed by atoms with van der Waals surface area (Å²) in [7, 11) is 0. The molecule has 4 nitrogen and oxygen atoms in total. The zero-order valence-corrected chi connectivity index (χ0v) is 13.1. The van der Waals surface area contributed by atoms with Crippen LogP contribution in [0.15, 0.2) is 5.38 Å². The number of aromatic nitrogens is 1. The Morgan fingerprint density at radius 3 is 2.70 bits per heavy atom. The Labute approximate surface area is 125 Å². The number of thiazole rings is 1. The van der Waals surface area contributed by atoms with Crippen LogP contribution in [0, 0.1) is 6.92 Å². The van der Waals surface area contributed by atoms with Crippen molar-refractivity contribution in [2.75, 3.05) is 6.54 Å². The summed E-state index contributed by atoms with van der Waals surface area (Å²) in [6.45, 7) is 2.75. The van der Waals surface area contributed by atoms with Gasteiger partial charge < -0.3 is 11.1 Å². The van der Waals surface area contributed by atoms with Crippen LogP contribution < -0.4 is 11.1 Å². The molecule has 3 N–H and O–H groups in total. The van der Waals surface area contributed by atoms with Gasteiger partial charge in [0.05, 0.1) is 5.54 Å². The van der Waals surface area contributed by atoms with E-state index in [0.717, 1.165) is 55.8 Å². The summed E-state index contributed by atoms with van der Waals surface area (Å²) in [6, 6.07) is 0. The van der Waals surface area contributed by atoms with Crippen molar-refractivity contribution in [1.82, 2.24) is 10.3 Å². The first-order valence-electron chi connectivity index (χ1n) is 7.60. The monoisotopic (exact) mass is 295 g/mol. The van der Waals surface area contributed by atoms with E-state index in [0.29, 0.717) is 6.42 Å². The summed E-state index contributed by atoms with van der Waals surface area (Å²) in [5.74, 6) is 0.172. The normalized spacial score (nSPS) is 16.7. The van der Waals surface area contributed by atoms with Crippen LogP contribution in [0.3, 0.4) is 0 Å². The van der Waals surface area contributed by atoms with Crippen molar-refractivity contribution in [3.05, 3.63) is 16.1 Å². The largest absolute Gasteiger partial charge is 0.344 e. The number of hydrogen-bond acceptors (Lipinski definition) is 4. The fourth-order valence-corrected chi connectivity index (χ4v) is 3.62. The highest BCUT2D eigenvalue weighted by molar-refractivity contribution is 7.09. The van der Waals surface area contributed by atoms with Gasteiger partial charge in [-0.2, -0.15) is 0 Å². The minimum Gasteiger partial charge on any atom is -0.344 e. The lowest BCUT2D eigenvalue weighted by Crippen LogP contribution is -2.50. The van der Waals surface area contributed by atoms with Gasteiger partial charge in [0, 0.05) is 17.5 Å². The third-order valence-corrected chi connectivity index (χ3v) is 5.14. The molecule has 2 rings (SSSR count). The van der Waals surface area contributed by atoms with Crippen molar-refractivity contribution in [2.45, 2.75) is 63.8 Å². The number of nitrogens with zero attached hydrogens (tertiary/aromatic N) is 1. The van der Waals surface area contributed by atoms with E-state index >= 15 is 0 Å². The first-order valence-corrected chi connectivity index (χ1v) is 8.48. The van der Waals surface area contributed by atoms with Crippen LogP contribution in [-0.2, 0) is 10.3 Å². The van der Waals surface area contributed by atoms with E-state index in [9.17, 15) is 4.79 Å². The van der Waals surface area contributed by atoms with Gasteiger partial charge in [-0.3, -0.25) is 4.79 Å². The maximum atomic E-state index is 12.1. The number of carbonyl (C=O) groups excluding carboxylic acids is 1. The van der Waals surface area contributed by atoms with Crippen LogP contribution in [0.25, 0.3) is 0 Å². The molecule has 0 spiro atoms. The van der Waals surface area contributed by atoms with Gasteiger partial charge in [0.2, 0.25) is 5.91 Å². The maximum Gasteiger partial charge on any atom is 0.220 e. The molecule has 1 heterocycles. The summed E-state index contributed by atoms with van der Waals surface area (Å²) in [4.78, 5) is 16.7. The second kappa shape index (κ2) is 7.18. The molecule has 1 amide bonds. The van der Waals surface area contributed by atoms with Gasteiger partial charge in [-0.25, -0.2) is 4.98 Å². The fraction of sp³-hybridized carbons (Fsp3) is 0.733. The highest BCUT2D eigenvalue weighted by Gasteiger charge is 2.42. The van der Waals surface area contributed by atoms with Crippen molar-refractivity contribution >= 4 is 17.2 Å². The predicted molar refractivity (Wildman–Crippen MR) is 82.7 cm³/mol. The first kappa shape index (κ1) is 15.4. The zero-order valence-electron chi connectivity index (χ0n) is 12.3. The molecule has 20 heavy (non-hydrogen) atoms. The van der Waals surface area contributed by atoms with E-state index in [-0.39, 0.29) is 11.4 Å². The quantitative estimate of drug-likeness (QED) is 0.725. The van der Waals surface area contributed by atoms with E-state index in [4.69, 9.17) is 5.73 Å². The number of nitrogens with two attached hydrogens (primary N) is 1. The topological polar surface area (TPSA) is 68.0 Å². The lowest BCUT2D eigenvalue weighted by molar-refractivity contribution is -0.124. The molecule has 1 aliphatic carbocycles. The summed E-state index contributed by atoms with van der Waals surface area (Å²) < 4.78 is 0. The molecule has 0 atom stereocenters. The zero-order chi connectivity index (χ0) is 14.4. The minimum absolute atomic E-state index is 0.159. The maximum absolute atomic E-state index is 12.1. The van der Waals surface area contributed by atoms with Crippen molar-refractivity contribution in [1.29, 1.82) is 0 Å². The number of aryl methyl sites for hydroxylation is 1. The van der Waals surface area contributed by atoms with Crippen LogP contribution in [0.1, 0.15) is 62.1 Å². The van der Waals surface area contributed by atoms with Crippen LogP contribution in [-0.4, -0.2) is 17.4 Å². The highest BCUT2D eigenvalue weighted by Crippen LogP contribution is 2.42. The first-order chi connectivity index (χ1) is 9.66. The molecule has 1 aromatic rings. The van der Waals surface area contributed by atoms with Crippen LogP contribution in [0.4, 0.5) is 0 Å². The Morgan fingerprint density at radius 1 is 1.40 bits per heavy atom. The average molecular weight is 295 g/mol. The molecular weight excluding hydrogens is 270 g/mol. The van der Waals surface area contributed by atoms with E-state index in [1.54, 1.807) is 11.3 Å². The second-order valence-electron chi connectivity index (χ2n) is 5.73. The van der Waals surface area contributed by atoms with Crippen molar-refractivity contribution < 1.29 is 4.79 Å². The lowest BCUT2D eigenvalue weighted by atomic mass is 9.77. The molecule has 0 aromatic carbocycles. The average Bonchev–Trinajstić information content (AvgIpc) is 2.80. The molecule has 0 radical (unpaired) electrons. The number of amides is 1. The Hall–Kier alpha value is -0.940. The Bertz CT molecular complexity index is 440. The summed E-state index contributed by atoms with van der Waals surface area (Å²) >= 11 is 1.67. The number of hydrogen-bond donors (Lipinski definition) is 2. The molecule has 0 bridgehead atoms. The van der Waals surface area contributed by atoms with Crippen molar-refractivity contribution in [3.8, 4) is 0 Å². The van der Waals surface area contributed by atoms with Gasteiger partial charge in [0.25, 0.3) is 0 Å². The van der Waals surface area contributed by atoms with Gasteiger partial charge in [-0.1, -0.05) is 12.8 Å². The third-order valence-electron chi connectivity index (χ3n) is 3.97. The van der Waals surface area contributed by atoms with Crippen LogP contribution in [0.2, 0.25) is 0 Å². The van der Waals surface area contributed by atoms with E-state index < -0.39 is 0 Å². The fourth-order valence-electron chi connectivity index (χ4n) is 2.61. The molecule has 0 unspecified atom stereocenters. The standard InChI is InChI=1S/C15H25N3OS/c1-12-11-20-14(17-12)15(8-6-9-15)18-13(19)7-4-2-3-5-10-16/h11H,2-10,16H2,1H3,(H,18,19). The minimum atomic E-state index is -0.159. The molecular formula is C15H25N3OS. The van der Waals surface area contributed by atoms with Gasteiger partial charge >= 0.3 is 0 Å². The van der Waals surface area contributed by atoms with Gasteiger partial charge in [0.15, 0.2) is 0 Å². The van der Waals surface area contributed by atoms with Gasteiger partial charge in [-0.15, -0.1) is 11.3 Å². The number of unbranched alkanes of at least 4 members (excludes halogenated alkanes) is 3. The molecule has 0 saturated heterocycles. The number of nitrogens with one attached hydrogen (secondary N) is 1. The lowest BCUT2D eigenvalue weighted by Gasteiger charge is -2.40. The van der Waals surface area contributed by atoms with E-state index in [1.165, 1.54) is 6.42 Å². The smallest absolute Gasteiger partial charge is 0.220 e. The summed E-state index contributed by atoms with van der Waals surface area (Å²) in [5.41, 5.74) is 6.35. The number of carbonyl (C=O) groups is 1. The molecule has 5 heteroatoms. The van der Waals surface area contributed by atoms with Crippen LogP contribution >= 0.6 is 11.3 Å². The summed E-state index contributed by atoms with van der Waals surface area (Å²) in [5, 5.41) is 6.38. The van der Waals surface area contributed by atoms with Gasteiger partial charge in [0.1, 0.15) is 5.01 Å². The second-order valence-corrected chi connectivity index (χ2v) is 6.59. The van der Waals surface area contributed by atoms with E-state index in [2.05, 4.69) is 15.7 Å². The third kappa shape index (κ3) is 3.79. The van der Waals surface area contributed by atoms with Crippen molar-refractivity contribution in [2.24, 2.45) is 5.73 Å². The molecule has 1 aliphatic rings. The molecule has 1 saturated carbocycles. The van der Waals surface area contributed by atoms with Crippen LogP contribution in [0.5, 0.6) is 0 Å². The Balaban J connectivity index is 1.80. The molecule has 0 aliphatic heterocycles. The molecule has 1 fully saturated rings. The Kier molecular flexibility index (Phi) is 5.54. The predicted octanol–water partition coefficient (Wildman–Crippen LogP) is 2.86.